The molecule has 1 amide bonds. The van der Waals surface area contributed by atoms with E-state index in [4.69, 9.17) is 9.84 Å². The molecule has 0 radical (unpaired) electrons. The van der Waals surface area contributed by atoms with Gasteiger partial charge in [0, 0.05) is 13.0 Å². The van der Waals surface area contributed by atoms with E-state index in [0.717, 1.165) is 0 Å². The van der Waals surface area contributed by atoms with E-state index in [0.29, 0.717) is 5.82 Å². The summed E-state index contributed by atoms with van der Waals surface area (Å²) in [6, 6.07) is -1.23. The Labute approximate surface area is 121 Å². The van der Waals surface area contributed by atoms with Gasteiger partial charge in [0.15, 0.2) is 6.04 Å². The summed E-state index contributed by atoms with van der Waals surface area (Å²) in [5, 5.41) is 11.2. The SMILES string of the molecule is COCC(NC(=O)c1c(C)nc(C(C)C)[nH]c1=O)C(=O)O. The van der Waals surface area contributed by atoms with Crippen LogP contribution in [-0.2, 0) is 9.53 Å². The number of aromatic nitrogens is 2. The number of aromatic amines is 1. The van der Waals surface area contributed by atoms with Crippen LogP contribution in [0.25, 0.3) is 0 Å². The fourth-order valence-corrected chi connectivity index (χ4v) is 1.72. The first-order valence-electron chi connectivity index (χ1n) is 6.41. The average molecular weight is 297 g/mol. The minimum atomic E-state index is -1.24. The summed E-state index contributed by atoms with van der Waals surface area (Å²) in [6.45, 7) is 5.05. The van der Waals surface area contributed by atoms with E-state index >= 15 is 0 Å². The molecule has 0 aliphatic heterocycles. The number of ether oxygens (including phenoxy) is 1. The van der Waals surface area contributed by atoms with Gasteiger partial charge in [-0.2, -0.15) is 0 Å². The number of nitrogens with zero attached hydrogens (tertiary/aromatic N) is 1. The smallest absolute Gasteiger partial charge is 0.328 e. The van der Waals surface area contributed by atoms with Crippen molar-refractivity contribution in [2.45, 2.75) is 32.7 Å². The first kappa shape index (κ1) is 16.8. The number of hydrogen-bond donors (Lipinski definition) is 3. The number of aryl methyl sites for hydroxylation is 1. The Morgan fingerprint density at radius 2 is 2.05 bits per heavy atom. The molecule has 0 aliphatic rings. The number of hydrogen-bond acceptors (Lipinski definition) is 5. The Morgan fingerprint density at radius 3 is 2.48 bits per heavy atom. The predicted molar refractivity (Wildman–Crippen MR) is 74.4 cm³/mol. The molecule has 8 nitrogen and oxygen atoms in total. The van der Waals surface area contributed by atoms with Crippen LogP contribution in [0.15, 0.2) is 4.79 Å². The van der Waals surface area contributed by atoms with Crippen LogP contribution in [-0.4, -0.2) is 46.7 Å². The molecule has 1 aromatic rings. The topological polar surface area (TPSA) is 121 Å². The summed E-state index contributed by atoms with van der Waals surface area (Å²) in [4.78, 5) is 41.7. The van der Waals surface area contributed by atoms with Gasteiger partial charge in [0.25, 0.3) is 11.5 Å². The lowest BCUT2D eigenvalue weighted by atomic mass is 10.1. The molecule has 0 aliphatic carbocycles. The summed E-state index contributed by atoms with van der Waals surface area (Å²) in [7, 11) is 1.32. The van der Waals surface area contributed by atoms with Crippen LogP contribution in [0.2, 0.25) is 0 Å². The van der Waals surface area contributed by atoms with Crippen LogP contribution < -0.4 is 10.9 Å². The molecule has 116 valence electrons. The van der Waals surface area contributed by atoms with Gasteiger partial charge in [0.1, 0.15) is 11.4 Å². The number of H-pyrrole nitrogens is 1. The number of carbonyl (C=O) groups is 2. The number of methoxy groups -OCH3 is 1. The second-order valence-electron chi connectivity index (χ2n) is 4.89. The number of amides is 1. The Balaban J connectivity index is 3.08. The van der Waals surface area contributed by atoms with Gasteiger partial charge in [-0.25, -0.2) is 9.78 Å². The molecule has 0 fully saturated rings. The van der Waals surface area contributed by atoms with Crippen LogP contribution in [0.1, 0.15) is 41.6 Å². The third kappa shape index (κ3) is 4.12. The van der Waals surface area contributed by atoms with Crippen LogP contribution in [0.5, 0.6) is 0 Å². The van der Waals surface area contributed by atoms with Crippen molar-refractivity contribution in [2.24, 2.45) is 0 Å². The number of carbonyl (C=O) groups excluding carboxylic acids is 1. The van der Waals surface area contributed by atoms with Gasteiger partial charge in [-0.05, 0) is 6.92 Å². The van der Waals surface area contributed by atoms with Crippen molar-refractivity contribution in [1.29, 1.82) is 0 Å². The third-order valence-corrected chi connectivity index (χ3v) is 2.83. The van der Waals surface area contributed by atoms with E-state index in [9.17, 15) is 14.4 Å². The molecule has 1 heterocycles. The van der Waals surface area contributed by atoms with Crippen LogP contribution in [0.4, 0.5) is 0 Å². The van der Waals surface area contributed by atoms with Gasteiger partial charge in [0.05, 0.1) is 12.3 Å². The van der Waals surface area contributed by atoms with Gasteiger partial charge in [-0.1, -0.05) is 13.8 Å². The highest BCUT2D eigenvalue weighted by Crippen LogP contribution is 2.08. The van der Waals surface area contributed by atoms with E-state index in [1.54, 1.807) is 0 Å². The first-order valence-corrected chi connectivity index (χ1v) is 6.41. The molecule has 0 bridgehead atoms. The fraction of sp³-hybridized carbons (Fsp3) is 0.538. The van der Waals surface area contributed by atoms with Crippen molar-refractivity contribution in [1.82, 2.24) is 15.3 Å². The van der Waals surface area contributed by atoms with Crippen molar-refractivity contribution in [2.75, 3.05) is 13.7 Å². The second-order valence-corrected chi connectivity index (χ2v) is 4.89. The third-order valence-electron chi connectivity index (χ3n) is 2.83. The largest absolute Gasteiger partial charge is 0.480 e. The molecule has 8 heteroatoms. The lowest BCUT2D eigenvalue weighted by Gasteiger charge is -2.14. The van der Waals surface area contributed by atoms with Gasteiger partial charge >= 0.3 is 5.97 Å². The first-order chi connectivity index (χ1) is 9.77. The molecule has 0 aromatic carbocycles. The lowest BCUT2D eigenvalue weighted by molar-refractivity contribution is -0.140. The number of nitrogens with one attached hydrogen (secondary N) is 2. The summed E-state index contributed by atoms with van der Waals surface area (Å²) < 4.78 is 4.72. The Morgan fingerprint density at radius 1 is 1.43 bits per heavy atom. The Kier molecular flexibility index (Phi) is 5.60. The van der Waals surface area contributed by atoms with Crippen molar-refractivity contribution in [3.8, 4) is 0 Å². The number of carboxylic acid groups (broad SMARTS) is 1. The lowest BCUT2D eigenvalue weighted by Crippen LogP contribution is -2.45. The molecule has 21 heavy (non-hydrogen) atoms. The molecule has 0 saturated heterocycles. The van der Waals surface area contributed by atoms with Crippen molar-refractivity contribution >= 4 is 11.9 Å². The van der Waals surface area contributed by atoms with Crippen molar-refractivity contribution < 1.29 is 19.4 Å². The van der Waals surface area contributed by atoms with E-state index in [1.807, 2.05) is 13.8 Å². The minimum Gasteiger partial charge on any atom is -0.480 e. The predicted octanol–water partition coefficient (Wildman–Crippen LogP) is 0.0311. The molecule has 1 aromatic heterocycles. The molecule has 1 unspecified atom stereocenters. The Bertz CT molecular complexity index is 594. The van der Waals surface area contributed by atoms with Crippen LogP contribution in [0.3, 0.4) is 0 Å². The molecular weight excluding hydrogens is 278 g/mol. The number of rotatable bonds is 6. The maximum absolute atomic E-state index is 12.1. The molecule has 0 saturated carbocycles. The van der Waals surface area contributed by atoms with Crippen molar-refractivity contribution in [3.63, 3.8) is 0 Å². The normalized spacial score (nSPS) is 12.2. The summed E-state index contributed by atoms with van der Waals surface area (Å²) in [5.41, 5.74) is -0.534. The standard InChI is InChI=1S/C13H19N3O5/c1-6(2)10-14-7(3)9(12(18)16-10)11(17)15-8(5-21-4)13(19)20/h6,8H,5H2,1-4H3,(H,15,17)(H,19,20)(H,14,16,18). The highest BCUT2D eigenvalue weighted by molar-refractivity contribution is 5.97. The van der Waals surface area contributed by atoms with Gasteiger partial charge < -0.3 is 20.1 Å². The summed E-state index contributed by atoms with van der Waals surface area (Å²) in [5.74, 6) is -1.55. The van der Waals surface area contributed by atoms with Crippen LogP contribution >= 0.6 is 0 Å². The minimum absolute atomic E-state index is 0.00812. The van der Waals surface area contributed by atoms with Gasteiger partial charge in [-0.3, -0.25) is 9.59 Å². The van der Waals surface area contributed by atoms with Crippen molar-refractivity contribution in [3.05, 3.63) is 27.4 Å². The second kappa shape index (κ2) is 6.98. The van der Waals surface area contributed by atoms with Gasteiger partial charge in [0.2, 0.25) is 0 Å². The fourth-order valence-electron chi connectivity index (χ4n) is 1.72. The highest BCUT2D eigenvalue weighted by Gasteiger charge is 2.24. The number of carboxylic acids is 1. The maximum Gasteiger partial charge on any atom is 0.328 e. The molecule has 1 atom stereocenters. The monoisotopic (exact) mass is 297 g/mol. The zero-order valence-electron chi connectivity index (χ0n) is 12.4. The Hall–Kier alpha value is -2.22. The van der Waals surface area contributed by atoms with Crippen LogP contribution in [0, 0.1) is 6.92 Å². The maximum atomic E-state index is 12.1. The van der Waals surface area contributed by atoms with E-state index in [-0.39, 0.29) is 23.8 Å². The van der Waals surface area contributed by atoms with E-state index in [2.05, 4.69) is 15.3 Å². The highest BCUT2D eigenvalue weighted by atomic mass is 16.5. The summed E-state index contributed by atoms with van der Waals surface area (Å²) >= 11 is 0. The van der Waals surface area contributed by atoms with Gasteiger partial charge in [-0.15, -0.1) is 0 Å². The summed E-state index contributed by atoms with van der Waals surface area (Å²) in [6.07, 6.45) is 0. The molecule has 1 rings (SSSR count). The quantitative estimate of drug-likeness (QED) is 0.681. The average Bonchev–Trinajstić information content (AvgIpc) is 2.36. The van der Waals surface area contributed by atoms with E-state index in [1.165, 1.54) is 14.0 Å². The zero-order valence-corrected chi connectivity index (χ0v) is 12.4. The molecular formula is C13H19N3O5. The zero-order chi connectivity index (χ0) is 16.2. The molecule has 0 spiro atoms. The number of aliphatic carboxylic acids is 1. The molecule has 3 N–H and O–H groups in total. The van der Waals surface area contributed by atoms with E-state index < -0.39 is 23.5 Å².